The van der Waals surface area contributed by atoms with Gasteiger partial charge in [0, 0.05) is 12.7 Å². The zero-order valence-corrected chi connectivity index (χ0v) is 13.2. The van der Waals surface area contributed by atoms with Crippen LogP contribution in [0.1, 0.15) is 44.6 Å². The predicted octanol–water partition coefficient (Wildman–Crippen LogP) is 4.62. The van der Waals surface area contributed by atoms with Crippen LogP contribution >= 0.6 is 12.2 Å². The highest BCUT2D eigenvalue weighted by Gasteiger charge is 2.19. The molecule has 2 aromatic heterocycles. The molecule has 3 nitrogen and oxygen atoms in total. The summed E-state index contributed by atoms with van der Waals surface area (Å²) in [7, 11) is 0. The fourth-order valence-electron chi connectivity index (χ4n) is 3.51. The standard InChI is InChI=1S/C16H23N3S/c1-11-4-3-5-13(10-11)7-9-19-15-14(18-16(19)20)12(2)6-8-17-15/h6,8,11,13H,3-5,7,9-10H2,1-2H3,(H,18,20). The maximum atomic E-state index is 5.47. The molecule has 0 spiro atoms. The van der Waals surface area contributed by atoms with Gasteiger partial charge in [0.15, 0.2) is 10.4 Å². The predicted molar refractivity (Wildman–Crippen MR) is 85.4 cm³/mol. The van der Waals surface area contributed by atoms with E-state index in [2.05, 4.69) is 28.4 Å². The number of hydrogen-bond donors (Lipinski definition) is 1. The van der Waals surface area contributed by atoms with E-state index in [9.17, 15) is 0 Å². The van der Waals surface area contributed by atoms with Gasteiger partial charge in [0.25, 0.3) is 0 Å². The van der Waals surface area contributed by atoms with Gasteiger partial charge in [-0.15, -0.1) is 0 Å². The summed E-state index contributed by atoms with van der Waals surface area (Å²) < 4.78 is 2.99. The van der Waals surface area contributed by atoms with Crippen LogP contribution in [0.15, 0.2) is 12.3 Å². The van der Waals surface area contributed by atoms with Crippen LogP contribution in [-0.2, 0) is 6.54 Å². The number of pyridine rings is 1. The minimum Gasteiger partial charge on any atom is -0.329 e. The van der Waals surface area contributed by atoms with E-state index in [1.807, 2.05) is 12.3 Å². The molecule has 0 amide bonds. The van der Waals surface area contributed by atoms with E-state index in [1.165, 1.54) is 37.7 Å². The molecule has 1 saturated carbocycles. The van der Waals surface area contributed by atoms with Crippen LogP contribution in [0.3, 0.4) is 0 Å². The summed E-state index contributed by atoms with van der Waals surface area (Å²) >= 11 is 5.47. The quantitative estimate of drug-likeness (QED) is 0.837. The molecule has 0 radical (unpaired) electrons. The van der Waals surface area contributed by atoms with E-state index >= 15 is 0 Å². The third-order valence-electron chi connectivity index (χ3n) is 4.68. The van der Waals surface area contributed by atoms with Crippen molar-refractivity contribution in [2.24, 2.45) is 11.8 Å². The second kappa shape index (κ2) is 5.68. The van der Waals surface area contributed by atoms with Crippen molar-refractivity contribution >= 4 is 23.4 Å². The number of aromatic nitrogens is 3. The molecule has 3 rings (SSSR count). The fourth-order valence-corrected chi connectivity index (χ4v) is 3.79. The largest absolute Gasteiger partial charge is 0.329 e. The first-order valence-corrected chi connectivity index (χ1v) is 8.10. The van der Waals surface area contributed by atoms with Gasteiger partial charge in [-0.05, 0) is 55.4 Å². The molecule has 4 heteroatoms. The van der Waals surface area contributed by atoms with Gasteiger partial charge in [0.05, 0.1) is 5.52 Å². The summed E-state index contributed by atoms with van der Waals surface area (Å²) in [5, 5.41) is 0. The topological polar surface area (TPSA) is 33.6 Å². The first kappa shape index (κ1) is 13.8. The Labute approximate surface area is 125 Å². The van der Waals surface area contributed by atoms with Gasteiger partial charge >= 0.3 is 0 Å². The zero-order chi connectivity index (χ0) is 14.1. The highest BCUT2D eigenvalue weighted by molar-refractivity contribution is 7.71. The lowest BCUT2D eigenvalue weighted by Crippen LogP contribution is -2.15. The molecule has 0 aromatic carbocycles. The summed E-state index contributed by atoms with van der Waals surface area (Å²) in [6.07, 6.45) is 8.65. The summed E-state index contributed by atoms with van der Waals surface area (Å²) in [5.74, 6) is 1.75. The van der Waals surface area contributed by atoms with Gasteiger partial charge in [0.2, 0.25) is 0 Å². The Morgan fingerprint density at radius 1 is 1.45 bits per heavy atom. The van der Waals surface area contributed by atoms with Gasteiger partial charge in [0.1, 0.15) is 0 Å². The zero-order valence-electron chi connectivity index (χ0n) is 12.4. The van der Waals surface area contributed by atoms with Crippen molar-refractivity contribution in [3.63, 3.8) is 0 Å². The van der Waals surface area contributed by atoms with Crippen LogP contribution in [0.2, 0.25) is 0 Å². The number of imidazole rings is 1. The maximum absolute atomic E-state index is 5.47. The Kier molecular flexibility index (Phi) is 3.92. The van der Waals surface area contributed by atoms with E-state index in [-0.39, 0.29) is 0 Å². The Bertz CT molecular complexity index is 655. The lowest BCUT2D eigenvalue weighted by atomic mass is 9.81. The highest BCUT2D eigenvalue weighted by atomic mass is 32.1. The SMILES string of the molecule is Cc1ccnc2c1[nH]c(=S)n2CCC1CCCC(C)C1. The number of aryl methyl sites for hydroxylation is 2. The first-order chi connectivity index (χ1) is 9.65. The van der Waals surface area contributed by atoms with Crippen LogP contribution in [-0.4, -0.2) is 14.5 Å². The minimum atomic E-state index is 0.811. The van der Waals surface area contributed by atoms with Crippen LogP contribution < -0.4 is 0 Å². The third-order valence-corrected chi connectivity index (χ3v) is 5.00. The van der Waals surface area contributed by atoms with Gasteiger partial charge in [-0.25, -0.2) is 4.98 Å². The number of fused-ring (bicyclic) bond motifs is 1. The number of nitrogens with zero attached hydrogens (tertiary/aromatic N) is 2. The van der Waals surface area contributed by atoms with Crippen molar-refractivity contribution in [3.05, 3.63) is 22.6 Å². The number of hydrogen-bond acceptors (Lipinski definition) is 2. The maximum Gasteiger partial charge on any atom is 0.179 e. The molecular weight excluding hydrogens is 266 g/mol. The summed E-state index contributed by atoms with van der Waals surface area (Å²) in [4.78, 5) is 7.81. The molecule has 1 N–H and O–H groups in total. The molecule has 2 heterocycles. The lowest BCUT2D eigenvalue weighted by molar-refractivity contribution is 0.261. The van der Waals surface area contributed by atoms with E-state index in [0.717, 1.165) is 34.3 Å². The van der Waals surface area contributed by atoms with Crippen LogP contribution in [0.4, 0.5) is 0 Å². The Morgan fingerprint density at radius 2 is 2.30 bits per heavy atom. The Balaban J connectivity index is 1.79. The third kappa shape index (κ3) is 2.66. The lowest BCUT2D eigenvalue weighted by Gasteiger charge is -2.26. The van der Waals surface area contributed by atoms with Crippen molar-refractivity contribution in [3.8, 4) is 0 Å². The van der Waals surface area contributed by atoms with Crippen molar-refractivity contribution in [2.75, 3.05) is 0 Å². The van der Waals surface area contributed by atoms with E-state index in [1.54, 1.807) is 0 Å². The van der Waals surface area contributed by atoms with Crippen LogP contribution in [0, 0.1) is 23.5 Å². The number of H-pyrrole nitrogens is 1. The van der Waals surface area contributed by atoms with Crippen LogP contribution in [0.5, 0.6) is 0 Å². The smallest absolute Gasteiger partial charge is 0.179 e. The Morgan fingerprint density at radius 3 is 3.10 bits per heavy atom. The van der Waals surface area contributed by atoms with Gasteiger partial charge in [-0.3, -0.25) is 0 Å². The van der Waals surface area contributed by atoms with Crippen molar-refractivity contribution in [1.82, 2.24) is 14.5 Å². The Hall–Kier alpha value is -1.16. The van der Waals surface area contributed by atoms with Gasteiger partial charge < -0.3 is 9.55 Å². The summed E-state index contributed by atoms with van der Waals surface area (Å²) in [6.45, 7) is 5.48. The number of nitrogens with one attached hydrogen (secondary N) is 1. The number of rotatable bonds is 3. The average Bonchev–Trinajstić information content (AvgIpc) is 2.74. The fraction of sp³-hybridized carbons (Fsp3) is 0.625. The van der Waals surface area contributed by atoms with Gasteiger partial charge in [-0.2, -0.15) is 0 Å². The van der Waals surface area contributed by atoms with Crippen molar-refractivity contribution < 1.29 is 0 Å². The molecule has 1 aliphatic rings. The molecule has 0 aliphatic heterocycles. The molecule has 108 valence electrons. The molecule has 1 fully saturated rings. The van der Waals surface area contributed by atoms with Crippen molar-refractivity contribution in [1.29, 1.82) is 0 Å². The molecule has 2 unspecified atom stereocenters. The summed E-state index contributed by atoms with van der Waals surface area (Å²) in [6, 6.07) is 2.03. The second-order valence-electron chi connectivity index (χ2n) is 6.33. The second-order valence-corrected chi connectivity index (χ2v) is 6.72. The van der Waals surface area contributed by atoms with E-state index in [4.69, 9.17) is 12.2 Å². The normalized spacial score (nSPS) is 23.3. The monoisotopic (exact) mass is 289 g/mol. The molecule has 2 aromatic rings. The molecule has 2 atom stereocenters. The van der Waals surface area contributed by atoms with Crippen molar-refractivity contribution in [2.45, 2.75) is 52.5 Å². The minimum absolute atomic E-state index is 0.811. The first-order valence-electron chi connectivity index (χ1n) is 7.69. The average molecular weight is 289 g/mol. The van der Waals surface area contributed by atoms with Crippen LogP contribution in [0.25, 0.3) is 11.2 Å². The van der Waals surface area contributed by atoms with E-state index in [0.29, 0.717) is 0 Å². The molecular formula is C16H23N3S. The number of aromatic amines is 1. The molecule has 1 aliphatic carbocycles. The molecule has 0 saturated heterocycles. The van der Waals surface area contributed by atoms with E-state index < -0.39 is 0 Å². The van der Waals surface area contributed by atoms with Gasteiger partial charge in [-0.1, -0.05) is 26.2 Å². The molecule has 0 bridgehead atoms. The molecule has 20 heavy (non-hydrogen) atoms. The highest BCUT2D eigenvalue weighted by Crippen LogP contribution is 2.31. The summed E-state index contributed by atoms with van der Waals surface area (Å²) in [5.41, 5.74) is 3.32.